The number of aliphatic hydroxyl groups is 1. The summed E-state index contributed by atoms with van der Waals surface area (Å²) in [6, 6.07) is 1.66. The monoisotopic (exact) mass is 152 g/mol. The fraction of sp³-hybridized carbons (Fsp3) is 0.375. The molecule has 1 aromatic rings. The Morgan fingerprint density at radius 2 is 2.36 bits per heavy atom. The summed E-state index contributed by atoms with van der Waals surface area (Å²) in [5.74, 6) is 0.598. The summed E-state index contributed by atoms with van der Waals surface area (Å²) in [6.07, 6.45) is 1.63. The topological polar surface area (TPSA) is 50.4 Å². The molecule has 11 heavy (non-hydrogen) atoms. The van der Waals surface area contributed by atoms with E-state index in [2.05, 4.69) is 0 Å². The van der Waals surface area contributed by atoms with Gasteiger partial charge in [-0.1, -0.05) is 0 Å². The van der Waals surface area contributed by atoms with Crippen molar-refractivity contribution in [3.63, 3.8) is 0 Å². The van der Waals surface area contributed by atoms with E-state index in [-0.39, 0.29) is 12.2 Å². The lowest BCUT2D eigenvalue weighted by Crippen LogP contribution is -2.22. The molecule has 0 spiro atoms. The van der Waals surface area contributed by atoms with Crippen LogP contribution in [0.1, 0.15) is 22.5 Å². The van der Waals surface area contributed by atoms with Gasteiger partial charge in [0, 0.05) is 12.8 Å². The molecule has 0 aromatic carbocycles. The first-order chi connectivity index (χ1) is 5.27. The Balaban J connectivity index is 2.44. The second-order valence-electron chi connectivity index (χ2n) is 2.74. The third-order valence-electron chi connectivity index (χ3n) is 1.89. The van der Waals surface area contributed by atoms with Crippen molar-refractivity contribution >= 4 is 5.78 Å². The minimum Gasteiger partial charge on any atom is -0.468 e. The van der Waals surface area contributed by atoms with E-state index < -0.39 is 6.10 Å². The second-order valence-corrected chi connectivity index (χ2v) is 2.74. The average molecular weight is 152 g/mol. The molecule has 58 valence electrons. The Hall–Kier alpha value is -1.09. The van der Waals surface area contributed by atoms with Gasteiger partial charge < -0.3 is 9.52 Å². The molecule has 1 aliphatic rings. The van der Waals surface area contributed by atoms with Crippen molar-refractivity contribution in [3.8, 4) is 0 Å². The highest BCUT2D eigenvalue weighted by Crippen LogP contribution is 2.21. The maximum Gasteiger partial charge on any atom is 0.168 e. The number of aliphatic hydroxyl groups excluding tert-OH is 1. The summed E-state index contributed by atoms with van der Waals surface area (Å²) in [6.45, 7) is 0. The van der Waals surface area contributed by atoms with Gasteiger partial charge in [0.15, 0.2) is 5.78 Å². The van der Waals surface area contributed by atoms with E-state index >= 15 is 0 Å². The number of ketones is 1. The van der Waals surface area contributed by atoms with Gasteiger partial charge in [-0.05, 0) is 6.07 Å². The molecule has 0 saturated heterocycles. The zero-order chi connectivity index (χ0) is 7.84. The number of rotatable bonds is 0. The van der Waals surface area contributed by atoms with E-state index in [1.54, 1.807) is 6.07 Å². The maximum absolute atomic E-state index is 11.1. The third kappa shape index (κ3) is 0.973. The lowest BCUT2D eigenvalue weighted by atomic mass is 9.95. The fourth-order valence-corrected chi connectivity index (χ4v) is 1.36. The first-order valence-corrected chi connectivity index (χ1v) is 3.55. The first-order valence-electron chi connectivity index (χ1n) is 3.55. The van der Waals surface area contributed by atoms with E-state index in [4.69, 9.17) is 9.52 Å². The molecule has 0 radical (unpaired) electrons. The predicted molar refractivity (Wildman–Crippen MR) is 37.4 cm³/mol. The Kier molecular flexibility index (Phi) is 1.32. The van der Waals surface area contributed by atoms with Crippen LogP contribution < -0.4 is 0 Å². The highest BCUT2D eigenvalue weighted by atomic mass is 16.3. The van der Waals surface area contributed by atoms with E-state index in [0.717, 1.165) is 0 Å². The number of furan rings is 1. The predicted octanol–water partition coefficient (Wildman–Crippen LogP) is 0.769. The number of carbonyl (C=O) groups is 1. The largest absolute Gasteiger partial charge is 0.468 e. The molecular formula is C8H8O3. The van der Waals surface area contributed by atoms with Crippen molar-refractivity contribution in [1.82, 2.24) is 0 Å². The molecule has 1 heterocycles. The molecule has 3 nitrogen and oxygen atoms in total. The second kappa shape index (κ2) is 2.20. The van der Waals surface area contributed by atoms with Gasteiger partial charge >= 0.3 is 0 Å². The fourth-order valence-electron chi connectivity index (χ4n) is 1.36. The van der Waals surface area contributed by atoms with E-state index in [1.807, 2.05) is 0 Å². The number of hydrogen-bond acceptors (Lipinski definition) is 3. The zero-order valence-corrected chi connectivity index (χ0v) is 5.91. The minimum atomic E-state index is -0.554. The van der Waals surface area contributed by atoms with Crippen LogP contribution >= 0.6 is 0 Å². The minimum absolute atomic E-state index is 0.0208. The Labute approximate surface area is 63.6 Å². The van der Waals surface area contributed by atoms with E-state index in [1.165, 1.54) is 6.26 Å². The summed E-state index contributed by atoms with van der Waals surface area (Å²) >= 11 is 0. The van der Waals surface area contributed by atoms with Crippen molar-refractivity contribution in [2.45, 2.75) is 18.9 Å². The van der Waals surface area contributed by atoms with Crippen LogP contribution in [0.2, 0.25) is 0 Å². The quantitative estimate of drug-likeness (QED) is 0.597. The van der Waals surface area contributed by atoms with Gasteiger partial charge in [-0.25, -0.2) is 0 Å². The van der Waals surface area contributed by atoms with Crippen molar-refractivity contribution in [3.05, 3.63) is 23.7 Å². The molecule has 1 aromatic heterocycles. The van der Waals surface area contributed by atoms with Gasteiger partial charge in [0.05, 0.1) is 17.9 Å². The van der Waals surface area contributed by atoms with Crippen LogP contribution in [0.4, 0.5) is 0 Å². The maximum atomic E-state index is 11.1. The van der Waals surface area contributed by atoms with Crippen LogP contribution in [0.3, 0.4) is 0 Å². The van der Waals surface area contributed by atoms with Crippen LogP contribution in [0.5, 0.6) is 0 Å². The molecule has 0 aliphatic heterocycles. The number of hydrogen-bond donors (Lipinski definition) is 1. The van der Waals surface area contributed by atoms with Crippen LogP contribution in [0, 0.1) is 0 Å². The third-order valence-corrected chi connectivity index (χ3v) is 1.89. The molecule has 0 bridgehead atoms. The Morgan fingerprint density at radius 3 is 3.18 bits per heavy atom. The lowest BCUT2D eigenvalue weighted by Gasteiger charge is -2.13. The van der Waals surface area contributed by atoms with Crippen molar-refractivity contribution < 1.29 is 14.3 Å². The Bertz CT molecular complexity index is 287. The summed E-state index contributed by atoms with van der Waals surface area (Å²) in [7, 11) is 0. The smallest absolute Gasteiger partial charge is 0.168 e. The van der Waals surface area contributed by atoms with Crippen LogP contribution in [-0.4, -0.2) is 17.0 Å². The molecular weight excluding hydrogens is 144 g/mol. The summed E-state index contributed by atoms with van der Waals surface area (Å²) in [5.41, 5.74) is 0.635. The molecule has 0 fully saturated rings. The van der Waals surface area contributed by atoms with Gasteiger partial charge in [-0.3, -0.25) is 4.79 Å². The molecule has 1 atom stereocenters. The zero-order valence-electron chi connectivity index (χ0n) is 5.91. The summed E-state index contributed by atoms with van der Waals surface area (Å²) < 4.78 is 5.02. The number of Topliss-reactive ketones (excluding diaryl/α,β-unsaturated/α-hetero) is 1. The SMILES string of the molecule is O=C1CC(O)Cc2occc21. The van der Waals surface area contributed by atoms with Crippen molar-refractivity contribution in [2.24, 2.45) is 0 Å². The molecule has 2 rings (SSSR count). The Morgan fingerprint density at radius 1 is 1.55 bits per heavy atom. The molecule has 1 N–H and O–H groups in total. The number of carbonyl (C=O) groups excluding carboxylic acids is 1. The summed E-state index contributed by atoms with van der Waals surface area (Å²) in [5, 5.41) is 9.16. The molecule has 0 amide bonds. The van der Waals surface area contributed by atoms with Crippen molar-refractivity contribution in [2.75, 3.05) is 0 Å². The standard InChI is InChI=1S/C8H8O3/c9-5-3-7(10)6-1-2-11-8(6)4-5/h1-2,5,9H,3-4H2. The van der Waals surface area contributed by atoms with Gasteiger partial charge in [-0.15, -0.1) is 0 Å². The molecule has 1 unspecified atom stereocenters. The normalized spacial score (nSPS) is 23.4. The van der Waals surface area contributed by atoms with Gasteiger partial charge in [0.25, 0.3) is 0 Å². The molecule has 3 heteroatoms. The van der Waals surface area contributed by atoms with Crippen LogP contribution in [0.15, 0.2) is 16.7 Å². The number of fused-ring (bicyclic) bond motifs is 1. The van der Waals surface area contributed by atoms with Crippen LogP contribution in [-0.2, 0) is 6.42 Å². The highest BCUT2D eigenvalue weighted by Gasteiger charge is 2.25. The molecule has 0 saturated carbocycles. The average Bonchev–Trinajstić information content (AvgIpc) is 2.34. The molecule has 1 aliphatic carbocycles. The highest BCUT2D eigenvalue weighted by molar-refractivity contribution is 5.98. The van der Waals surface area contributed by atoms with E-state index in [9.17, 15) is 4.79 Å². The van der Waals surface area contributed by atoms with Crippen LogP contribution in [0.25, 0.3) is 0 Å². The van der Waals surface area contributed by atoms with Gasteiger partial charge in [-0.2, -0.15) is 0 Å². The van der Waals surface area contributed by atoms with E-state index in [0.29, 0.717) is 17.7 Å². The van der Waals surface area contributed by atoms with Crippen molar-refractivity contribution in [1.29, 1.82) is 0 Å². The summed E-state index contributed by atoms with van der Waals surface area (Å²) in [4.78, 5) is 11.1. The van der Waals surface area contributed by atoms with Gasteiger partial charge in [0.2, 0.25) is 0 Å². The first kappa shape index (κ1) is 6.61. The van der Waals surface area contributed by atoms with Gasteiger partial charge in [0.1, 0.15) is 5.76 Å². The lowest BCUT2D eigenvalue weighted by molar-refractivity contribution is 0.0838.